The van der Waals surface area contributed by atoms with E-state index < -0.39 is 5.60 Å². The van der Waals surface area contributed by atoms with Gasteiger partial charge in [-0.2, -0.15) is 5.26 Å². The lowest BCUT2D eigenvalue weighted by Gasteiger charge is -2.30. The summed E-state index contributed by atoms with van der Waals surface area (Å²) in [4.78, 5) is 24.5. The summed E-state index contributed by atoms with van der Waals surface area (Å²) >= 11 is 0. The van der Waals surface area contributed by atoms with Gasteiger partial charge in [0.25, 0.3) is 0 Å². The smallest absolute Gasteiger partial charge is 0.305 e. The van der Waals surface area contributed by atoms with Crippen molar-refractivity contribution in [3.8, 4) is 6.19 Å². The number of ether oxygens (including phenoxy) is 2. The zero-order valence-electron chi connectivity index (χ0n) is 18.4. The van der Waals surface area contributed by atoms with Crippen molar-refractivity contribution in [3.63, 3.8) is 0 Å². The monoisotopic (exact) mass is 396 g/mol. The Morgan fingerprint density at radius 3 is 2.21 bits per heavy atom. The lowest BCUT2D eigenvalue weighted by Crippen LogP contribution is -2.32. The molecule has 0 radical (unpaired) electrons. The Morgan fingerprint density at radius 2 is 1.61 bits per heavy atom. The Hall–Kier alpha value is -1.77. The van der Waals surface area contributed by atoms with Crippen LogP contribution in [0.1, 0.15) is 98.3 Å². The van der Waals surface area contributed by atoms with Gasteiger partial charge in [-0.15, -0.1) is 0 Å². The third kappa shape index (κ3) is 14.3. The van der Waals surface area contributed by atoms with Gasteiger partial charge in [0.15, 0.2) is 6.19 Å². The molecule has 0 saturated heterocycles. The van der Waals surface area contributed by atoms with Gasteiger partial charge in [-0.3, -0.25) is 9.59 Å². The molecule has 0 N–H and O–H groups in total. The van der Waals surface area contributed by atoms with Gasteiger partial charge < -0.3 is 14.4 Å². The van der Waals surface area contributed by atoms with Crippen LogP contribution in [0.15, 0.2) is 0 Å². The van der Waals surface area contributed by atoms with Gasteiger partial charge in [-0.1, -0.05) is 32.6 Å². The van der Waals surface area contributed by atoms with E-state index in [0.29, 0.717) is 19.6 Å². The summed E-state index contributed by atoms with van der Waals surface area (Å²) in [5, 5.41) is 9.34. The maximum atomic E-state index is 11.4. The van der Waals surface area contributed by atoms with Crippen LogP contribution in [0.2, 0.25) is 0 Å². The highest BCUT2D eigenvalue weighted by molar-refractivity contribution is 5.69. The SMILES string of the molecule is CCCCCC(C)(CCCN(C#N)CCCCCCC(=O)OCC)OC(C)=O. The van der Waals surface area contributed by atoms with Crippen LogP contribution in [-0.4, -0.2) is 42.1 Å². The van der Waals surface area contributed by atoms with Crippen molar-refractivity contribution in [1.29, 1.82) is 5.26 Å². The molecule has 1 unspecified atom stereocenters. The van der Waals surface area contributed by atoms with Crippen molar-refractivity contribution in [3.05, 3.63) is 0 Å². The molecule has 0 aromatic carbocycles. The van der Waals surface area contributed by atoms with E-state index in [-0.39, 0.29) is 11.9 Å². The van der Waals surface area contributed by atoms with Crippen LogP contribution in [0, 0.1) is 11.5 Å². The average Bonchev–Trinajstić information content (AvgIpc) is 2.62. The standard InChI is InChI=1S/C22H40N2O4/c1-5-7-11-15-22(4,28-20(3)25)16-13-18-24(19-23)17-12-9-8-10-14-21(26)27-6-2/h5-18H2,1-4H3. The van der Waals surface area contributed by atoms with Crippen molar-refractivity contribution in [2.24, 2.45) is 0 Å². The number of hydrogen-bond acceptors (Lipinski definition) is 6. The van der Waals surface area contributed by atoms with Crippen LogP contribution >= 0.6 is 0 Å². The minimum absolute atomic E-state index is 0.129. The molecule has 1 atom stereocenters. The lowest BCUT2D eigenvalue weighted by atomic mass is 9.92. The summed E-state index contributed by atoms with van der Waals surface area (Å²) in [5.41, 5.74) is -0.435. The molecule has 0 aliphatic heterocycles. The molecule has 0 rings (SSSR count). The lowest BCUT2D eigenvalue weighted by molar-refractivity contribution is -0.157. The largest absolute Gasteiger partial charge is 0.466 e. The van der Waals surface area contributed by atoms with Gasteiger partial charge in [0.2, 0.25) is 0 Å². The van der Waals surface area contributed by atoms with E-state index in [0.717, 1.165) is 70.8 Å². The second kappa shape index (κ2) is 16.2. The number of hydrogen-bond donors (Lipinski definition) is 0. The van der Waals surface area contributed by atoms with Gasteiger partial charge in [0.1, 0.15) is 5.60 Å². The fourth-order valence-electron chi connectivity index (χ4n) is 3.34. The molecular formula is C22H40N2O4. The maximum Gasteiger partial charge on any atom is 0.305 e. The molecule has 6 nitrogen and oxygen atoms in total. The number of carbonyl (C=O) groups is 2. The molecule has 162 valence electrons. The van der Waals surface area contributed by atoms with E-state index in [1.54, 1.807) is 4.90 Å². The number of unbranched alkanes of at least 4 members (excludes halogenated alkanes) is 5. The van der Waals surface area contributed by atoms with Crippen molar-refractivity contribution in [1.82, 2.24) is 4.90 Å². The van der Waals surface area contributed by atoms with E-state index in [1.165, 1.54) is 6.92 Å². The third-order valence-corrected chi connectivity index (χ3v) is 4.84. The summed E-state index contributed by atoms with van der Waals surface area (Å²) in [6.07, 6.45) is 12.3. The van der Waals surface area contributed by atoms with E-state index in [1.807, 2.05) is 13.8 Å². The first-order chi connectivity index (χ1) is 13.4. The highest BCUT2D eigenvalue weighted by Crippen LogP contribution is 2.25. The number of carbonyl (C=O) groups excluding carboxylic acids is 2. The summed E-state index contributed by atoms with van der Waals surface area (Å²) < 4.78 is 10.5. The minimum Gasteiger partial charge on any atom is -0.466 e. The quantitative estimate of drug-likeness (QED) is 0.149. The zero-order valence-corrected chi connectivity index (χ0v) is 18.4. The fraction of sp³-hybridized carbons (Fsp3) is 0.864. The Labute approximate surface area is 171 Å². The predicted molar refractivity (Wildman–Crippen MR) is 110 cm³/mol. The Bertz CT molecular complexity index is 476. The van der Waals surface area contributed by atoms with Gasteiger partial charge in [0.05, 0.1) is 6.61 Å². The molecule has 0 saturated carbocycles. The molecule has 0 spiro atoms. The third-order valence-electron chi connectivity index (χ3n) is 4.84. The van der Waals surface area contributed by atoms with Crippen molar-refractivity contribution in [2.45, 2.75) is 104 Å². The fourth-order valence-corrected chi connectivity index (χ4v) is 3.34. The maximum absolute atomic E-state index is 11.4. The number of nitriles is 1. The molecule has 0 aliphatic carbocycles. The molecule has 0 bridgehead atoms. The summed E-state index contributed by atoms with van der Waals surface area (Å²) in [6.45, 7) is 9.29. The van der Waals surface area contributed by atoms with Crippen LogP contribution in [-0.2, 0) is 19.1 Å². The average molecular weight is 397 g/mol. The summed E-state index contributed by atoms with van der Waals surface area (Å²) in [6, 6.07) is 0. The normalized spacial score (nSPS) is 12.7. The molecular weight excluding hydrogens is 356 g/mol. The minimum atomic E-state index is -0.435. The second-order valence-electron chi connectivity index (χ2n) is 7.66. The molecule has 0 fully saturated rings. The highest BCUT2D eigenvalue weighted by Gasteiger charge is 2.26. The summed E-state index contributed by atoms with van der Waals surface area (Å²) in [7, 11) is 0. The van der Waals surface area contributed by atoms with E-state index in [9.17, 15) is 14.9 Å². The van der Waals surface area contributed by atoms with Gasteiger partial charge >= 0.3 is 11.9 Å². The second-order valence-corrected chi connectivity index (χ2v) is 7.66. The first-order valence-electron chi connectivity index (χ1n) is 10.9. The van der Waals surface area contributed by atoms with Crippen molar-refractivity contribution in [2.75, 3.05) is 19.7 Å². The molecule has 0 heterocycles. The van der Waals surface area contributed by atoms with Crippen LogP contribution in [0.4, 0.5) is 0 Å². The molecule has 0 aromatic heterocycles. The van der Waals surface area contributed by atoms with Crippen molar-refractivity contribution < 1.29 is 19.1 Å². The Balaban J connectivity index is 4.07. The Morgan fingerprint density at radius 1 is 0.964 bits per heavy atom. The van der Waals surface area contributed by atoms with Gasteiger partial charge in [0, 0.05) is 26.4 Å². The predicted octanol–water partition coefficient (Wildman–Crippen LogP) is 4.97. The van der Waals surface area contributed by atoms with Gasteiger partial charge in [-0.05, 0) is 52.4 Å². The van der Waals surface area contributed by atoms with Crippen LogP contribution in [0.3, 0.4) is 0 Å². The number of nitrogens with zero attached hydrogens (tertiary/aromatic N) is 2. The molecule has 0 aromatic rings. The number of rotatable bonds is 17. The topological polar surface area (TPSA) is 79.6 Å². The van der Waals surface area contributed by atoms with E-state index >= 15 is 0 Å². The summed E-state index contributed by atoms with van der Waals surface area (Å²) in [5.74, 6) is -0.366. The molecule has 0 amide bonds. The molecule has 28 heavy (non-hydrogen) atoms. The van der Waals surface area contributed by atoms with Gasteiger partial charge in [-0.25, -0.2) is 0 Å². The van der Waals surface area contributed by atoms with Crippen LogP contribution in [0.25, 0.3) is 0 Å². The Kier molecular flexibility index (Phi) is 15.2. The first-order valence-corrected chi connectivity index (χ1v) is 10.9. The van der Waals surface area contributed by atoms with Crippen LogP contribution < -0.4 is 0 Å². The van der Waals surface area contributed by atoms with E-state index in [2.05, 4.69) is 13.1 Å². The van der Waals surface area contributed by atoms with Crippen molar-refractivity contribution >= 4 is 11.9 Å². The zero-order chi connectivity index (χ0) is 21.3. The first kappa shape index (κ1) is 26.2. The van der Waals surface area contributed by atoms with E-state index in [4.69, 9.17) is 9.47 Å². The number of esters is 2. The highest BCUT2D eigenvalue weighted by atomic mass is 16.6. The molecule has 0 aliphatic rings. The van der Waals surface area contributed by atoms with Crippen LogP contribution in [0.5, 0.6) is 0 Å². The molecule has 6 heteroatoms.